The Morgan fingerprint density at radius 1 is 1.29 bits per heavy atom. The summed E-state index contributed by atoms with van der Waals surface area (Å²) in [5.41, 5.74) is -0.182. The van der Waals surface area contributed by atoms with Gasteiger partial charge in [0.15, 0.2) is 5.78 Å². The van der Waals surface area contributed by atoms with Crippen LogP contribution >= 0.6 is 0 Å². The highest BCUT2D eigenvalue weighted by Gasteiger charge is 2.35. The topological polar surface area (TPSA) is 43.4 Å². The number of ketones is 1. The van der Waals surface area contributed by atoms with E-state index in [2.05, 4.69) is 0 Å². The predicted molar refractivity (Wildman–Crippen MR) is 66.4 cm³/mol. The van der Waals surface area contributed by atoms with Gasteiger partial charge in [-0.2, -0.15) is 0 Å². The first-order valence-electron chi connectivity index (χ1n) is 6.08. The van der Waals surface area contributed by atoms with E-state index in [-0.39, 0.29) is 23.5 Å². The number of carbonyl (C=O) groups is 2. The Balaban J connectivity index is 2.71. The second-order valence-corrected chi connectivity index (χ2v) is 4.53. The molecular formula is C14H20O3. The molecule has 1 rings (SSSR count). The Morgan fingerprint density at radius 3 is 2.59 bits per heavy atom. The van der Waals surface area contributed by atoms with E-state index in [9.17, 15) is 9.59 Å². The molecule has 2 unspecified atom stereocenters. The summed E-state index contributed by atoms with van der Waals surface area (Å²) in [6.07, 6.45) is 8.48. The van der Waals surface area contributed by atoms with E-state index in [1.165, 1.54) is 0 Å². The molecule has 0 N–H and O–H groups in total. The van der Waals surface area contributed by atoms with Crippen LogP contribution < -0.4 is 0 Å². The standard InChI is InChI=1S/C14H20O3/c1-4-14(3)9-7-6-8-11(14)12(15)10-13(16)17-5-2/h6-9,11H,4-5,10H2,1-3H3. The number of hydrogen-bond donors (Lipinski definition) is 0. The maximum absolute atomic E-state index is 12.1. The maximum atomic E-state index is 12.1. The minimum Gasteiger partial charge on any atom is -0.466 e. The third-order valence-corrected chi connectivity index (χ3v) is 3.33. The molecule has 17 heavy (non-hydrogen) atoms. The number of ether oxygens (including phenoxy) is 1. The third kappa shape index (κ3) is 3.29. The minimum atomic E-state index is -0.432. The summed E-state index contributed by atoms with van der Waals surface area (Å²) in [5.74, 6) is -0.714. The summed E-state index contributed by atoms with van der Waals surface area (Å²) < 4.78 is 4.80. The Kier molecular flexibility index (Phi) is 4.67. The summed E-state index contributed by atoms with van der Waals surface area (Å²) in [5, 5.41) is 0. The summed E-state index contributed by atoms with van der Waals surface area (Å²) in [4.78, 5) is 23.4. The quantitative estimate of drug-likeness (QED) is 0.544. The Bertz CT molecular complexity index is 354. The molecule has 0 saturated carbocycles. The molecule has 1 aliphatic rings. The highest BCUT2D eigenvalue weighted by Crippen LogP contribution is 2.37. The smallest absolute Gasteiger partial charge is 0.313 e. The number of carbonyl (C=O) groups excluding carboxylic acids is 2. The molecule has 0 aromatic rings. The molecule has 0 fully saturated rings. The lowest BCUT2D eigenvalue weighted by Crippen LogP contribution is -2.32. The highest BCUT2D eigenvalue weighted by atomic mass is 16.5. The molecule has 0 aromatic heterocycles. The van der Waals surface area contributed by atoms with Gasteiger partial charge >= 0.3 is 5.97 Å². The molecular weight excluding hydrogens is 216 g/mol. The van der Waals surface area contributed by atoms with Gasteiger partial charge in [-0.25, -0.2) is 0 Å². The fraction of sp³-hybridized carbons (Fsp3) is 0.571. The lowest BCUT2D eigenvalue weighted by atomic mass is 9.70. The van der Waals surface area contributed by atoms with Crippen LogP contribution in [0.25, 0.3) is 0 Å². The van der Waals surface area contributed by atoms with E-state index >= 15 is 0 Å². The second kappa shape index (κ2) is 5.80. The average Bonchev–Trinajstić information content (AvgIpc) is 2.29. The van der Waals surface area contributed by atoms with Gasteiger partial charge in [0, 0.05) is 5.92 Å². The number of allylic oxidation sites excluding steroid dienone is 4. The van der Waals surface area contributed by atoms with Crippen molar-refractivity contribution in [2.45, 2.75) is 33.6 Å². The normalized spacial score (nSPS) is 26.9. The van der Waals surface area contributed by atoms with Crippen molar-refractivity contribution in [3.05, 3.63) is 24.3 Å². The molecule has 2 atom stereocenters. The molecule has 3 nitrogen and oxygen atoms in total. The van der Waals surface area contributed by atoms with Crippen molar-refractivity contribution in [2.24, 2.45) is 11.3 Å². The zero-order chi connectivity index (χ0) is 12.9. The lowest BCUT2D eigenvalue weighted by molar-refractivity contribution is -0.146. The van der Waals surface area contributed by atoms with Crippen LogP contribution in [-0.2, 0) is 14.3 Å². The van der Waals surface area contributed by atoms with Crippen molar-refractivity contribution in [1.82, 2.24) is 0 Å². The zero-order valence-corrected chi connectivity index (χ0v) is 10.7. The van der Waals surface area contributed by atoms with E-state index in [4.69, 9.17) is 4.74 Å². The van der Waals surface area contributed by atoms with Crippen LogP contribution in [0.2, 0.25) is 0 Å². The molecule has 0 aliphatic heterocycles. The van der Waals surface area contributed by atoms with Crippen molar-refractivity contribution in [2.75, 3.05) is 6.61 Å². The van der Waals surface area contributed by atoms with Crippen LogP contribution in [0.1, 0.15) is 33.6 Å². The van der Waals surface area contributed by atoms with Crippen molar-refractivity contribution < 1.29 is 14.3 Å². The number of rotatable bonds is 5. The van der Waals surface area contributed by atoms with E-state index < -0.39 is 5.97 Å². The van der Waals surface area contributed by atoms with Crippen LogP contribution in [0, 0.1) is 11.3 Å². The molecule has 0 saturated heterocycles. The Morgan fingerprint density at radius 2 is 2.00 bits per heavy atom. The van der Waals surface area contributed by atoms with Crippen molar-refractivity contribution in [3.63, 3.8) is 0 Å². The zero-order valence-electron chi connectivity index (χ0n) is 10.7. The van der Waals surface area contributed by atoms with Crippen LogP contribution in [-0.4, -0.2) is 18.4 Å². The first-order chi connectivity index (χ1) is 8.03. The fourth-order valence-corrected chi connectivity index (χ4v) is 2.05. The number of hydrogen-bond acceptors (Lipinski definition) is 3. The summed E-state index contributed by atoms with van der Waals surface area (Å²) in [6, 6.07) is 0. The number of esters is 1. The summed E-state index contributed by atoms with van der Waals surface area (Å²) >= 11 is 0. The van der Waals surface area contributed by atoms with Crippen molar-refractivity contribution >= 4 is 11.8 Å². The first-order valence-corrected chi connectivity index (χ1v) is 6.08. The van der Waals surface area contributed by atoms with Gasteiger partial charge in [-0.05, 0) is 18.8 Å². The van der Waals surface area contributed by atoms with Gasteiger partial charge in [-0.15, -0.1) is 0 Å². The van der Waals surface area contributed by atoms with Gasteiger partial charge in [0.1, 0.15) is 6.42 Å². The van der Waals surface area contributed by atoms with Gasteiger partial charge in [-0.1, -0.05) is 38.2 Å². The summed E-state index contributed by atoms with van der Waals surface area (Å²) in [7, 11) is 0. The third-order valence-electron chi connectivity index (χ3n) is 3.33. The van der Waals surface area contributed by atoms with Crippen LogP contribution in [0.3, 0.4) is 0 Å². The number of Topliss-reactive ketones (excluding diaryl/α,β-unsaturated/α-hetero) is 1. The SMILES string of the molecule is CCOC(=O)CC(=O)C1C=CC=CC1(C)CC. The van der Waals surface area contributed by atoms with E-state index in [0.717, 1.165) is 6.42 Å². The average molecular weight is 236 g/mol. The molecule has 1 aliphatic carbocycles. The molecule has 0 bridgehead atoms. The molecule has 94 valence electrons. The van der Waals surface area contributed by atoms with Crippen LogP contribution in [0.4, 0.5) is 0 Å². The van der Waals surface area contributed by atoms with Gasteiger partial charge in [0.25, 0.3) is 0 Å². The van der Waals surface area contributed by atoms with Crippen LogP contribution in [0.15, 0.2) is 24.3 Å². The largest absolute Gasteiger partial charge is 0.466 e. The molecule has 0 amide bonds. The van der Waals surface area contributed by atoms with E-state index in [0.29, 0.717) is 6.61 Å². The summed E-state index contributed by atoms with van der Waals surface area (Å²) in [6.45, 7) is 6.15. The van der Waals surface area contributed by atoms with Gasteiger partial charge in [-0.3, -0.25) is 9.59 Å². The highest BCUT2D eigenvalue weighted by molar-refractivity contribution is 5.98. The van der Waals surface area contributed by atoms with E-state index in [1.54, 1.807) is 6.92 Å². The molecule has 0 heterocycles. The lowest BCUT2D eigenvalue weighted by Gasteiger charge is -2.33. The van der Waals surface area contributed by atoms with E-state index in [1.807, 2.05) is 38.2 Å². The maximum Gasteiger partial charge on any atom is 0.313 e. The van der Waals surface area contributed by atoms with Gasteiger partial charge in [0.2, 0.25) is 0 Å². The van der Waals surface area contributed by atoms with Crippen molar-refractivity contribution in [1.29, 1.82) is 0 Å². The van der Waals surface area contributed by atoms with Gasteiger partial charge in [0.05, 0.1) is 6.61 Å². The van der Waals surface area contributed by atoms with Gasteiger partial charge < -0.3 is 4.74 Å². The molecule has 0 radical (unpaired) electrons. The predicted octanol–water partition coefficient (Wildman–Crippen LogP) is 2.67. The molecule has 0 aromatic carbocycles. The van der Waals surface area contributed by atoms with Crippen LogP contribution in [0.5, 0.6) is 0 Å². The van der Waals surface area contributed by atoms with Crippen molar-refractivity contribution in [3.8, 4) is 0 Å². The molecule has 0 spiro atoms. The Labute approximate surface area is 103 Å². The fourth-order valence-electron chi connectivity index (χ4n) is 2.05. The monoisotopic (exact) mass is 236 g/mol. The Hall–Kier alpha value is -1.38. The molecule has 3 heteroatoms. The minimum absolute atomic E-state index is 0.0617. The first kappa shape index (κ1) is 13.7. The second-order valence-electron chi connectivity index (χ2n) is 4.53.